The predicted molar refractivity (Wildman–Crippen MR) is 211 cm³/mol. The molecule has 5 aliphatic rings. The molecule has 1 aromatic heterocycles. The van der Waals surface area contributed by atoms with E-state index >= 15 is 0 Å². The van der Waals surface area contributed by atoms with Crippen LogP contribution in [0.1, 0.15) is 90.5 Å². The van der Waals surface area contributed by atoms with Crippen molar-refractivity contribution in [3.63, 3.8) is 0 Å². The maximum Gasteiger partial charge on any atom is 0.259 e. The molecule has 3 aliphatic heterocycles. The summed E-state index contributed by atoms with van der Waals surface area (Å²) in [5.74, 6) is -1.81. The van der Waals surface area contributed by atoms with E-state index < -0.39 is 62.6 Å². The van der Waals surface area contributed by atoms with Crippen LogP contribution in [-0.4, -0.2) is 93.9 Å². The van der Waals surface area contributed by atoms with Crippen LogP contribution in [-0.2, 0) is 29.2 Å². The first kappa shape index (κ1) is 39.9. The lowest BCUT2D eigenvalue weighted by Crippen LogP contribution is -2.58. The van der Waals surface area contributed by atoms with Crippen molar-refractivity contribution in [2.75, 3.05) is 6.54 Å². The largest absolute Gasteiger partial charge is 0.508 e. The van der Waals surface area contributed by atoms with E-state index in [2.05, 4.69) is 20.3 Å². The summed E-state index contributed by atoms with van der Waals surface area (Å²) in [5.41, 5.74) is -0.509. The Hall–Kier alpha value is -4.31. The molecule has 2 saturated carbocycles. The molecule has 0 spiro atoms. The van der Waals surface area contributed by atoms with Crippen molar-refractivity contribution in [2.24, 2.45) is 5.92 Å². The molecule has 3 fully saturated rings. The molecule has 16 heteroatoms. The van der Waals surface area contributed by atoms with Crippen molar-refractivity contribution < 1.29 is 42.2 Å². The average molecular weight is 810 g/mol. The summed E-state index contributed by atoms with van der Waals surface area (Å²) in [6.07, 6.45) is 9.98. The molecule has 0 bridgehead atoms. The number of aromatic nitrogens is 1. The molecular formula is C40H51N5O9S2. The van der Waals surface area contributed by atoms with Crippen LogP contribution >= 0.6 is 11.8 Å². The molecule has 56 heavy (non-hydrogen) atoms. The molecule has 4 heterocycles. The number of pyridine rings is 1. The summed E-state index contributed by atoms with van der Waals surface area (Å²) in [6.45, 7) is 7.40. The van der Waals surface area contributed by atoms with Crippen LogP contribution in [0.5, 0.6) is 17.4 Å². The summed E-state index contributed by atoms with van der Waals surface area (Å²) in [4.78, 5) is 63.6. The molecule has 1 saturated heterocycles. The first-order chi connectivity index (χ1) is 26.6. The van der Waals surface area contributed by atoms with Crippen LogP contribution < -0.4 is 24.8 Å². The van der Waals surface area contributed by atoms with E-state index in [4.69, 9.17) is 9.47 Å². The van der Waals surface area contributed by atoms with Crippen molar-refractivity contribution >= 4 is 56.3 Å². The first-order valence-electron chi connectivity index (χ1n) is 19.6. The third-order valence-electron chi connectivity index (χ3n) is 11.2. The Kier molecular flexibility index (Phi) is 11.3. The zero-order valence-corrected chi connectivity index (χ0v) is 33.8. The van der Waals surface area contributed by atoms with Crippen molar-refractivity contribution in [1.82, 2.24) is 25.2 Å². The zero-order valence-electron chi connectivity index (χ0n) is 32.2. The molecule has 6 atom stereocenters. The van der Waals surface area contributed by atoms with Gasteiger partial charge in [-0.05, 0) is 89.7 Å². The van der Waals surface area contributed by atoms with E-state index in [1.54, 1.807) is 25.1 Å². The Balaban J connectivity index is 1.21. The Labute approximate surface area is 331 Å². The lowest BCUT2D eigenvalue weighted by Gasteiger charge is -2.30. The van der Waals surface area contributed by atoms with Crippen molar-refractivity contribution in [1.29, 1.82) is 0 Å². The van der Waals surface area contributed by atoms with Crippen molar-refractivity contribution in [3.8, 4) is 17.4 Å². The first-order valence-corrected chi connectivity index (χ1v) is 22.0. The second kappa shape index (κ2) is 15.9. The van der Waals surface area contributed by atoms with Gasteiger partial charge in [-0.15, -0.1) is 11.8 Å². The van der Waals surface area contributed by atoms with Crippen LogP contribution in [0.4, 0.5) is 0 Å². The zero-order chi connectivity index (χ0) is 39.9. The van der Waals surface area contributed by atoms with Gasteiger partial charge in [0.1, 0.15) is 35.2 Å². The summed E-state index contributed by atoms with van der Waals surface area (Å²) < 4.78 is 40.6. The number of nitrogens with zero attached hydrogens (tertiary/aromatic N) is 2. The molecule has 7 rings (SSSR count). The van der Waals surface area contributed by atoms with Gasteiger partial charge < -0.3 is 30.1 Å². The fraction of sp³-hybridized carbons (Fsp3) is 0.575. The third-order valence-corrected chi connectivity index (χ3v) is 14.2. The topological polar surface area (TPSA) is 193 Å². The molecule has 2 aromatic rings. The quantitative estimate of drug-likeness (QED) is 0.264. The maximum absolute atomic E-state index is 14.7. The van der Waals surface area contributed by atoms with Gasteiger partial charge in [-0.25, -0.2) is 13.4 Å². The number of aromatic hydroxyl groups is 1. The highest BCUT2D eigenvalue weighted by molar-refractivity contribution is 8.04. The number of phenolic OH excluding ortho intramolecular Hbond substituents is 1. The van der Waals surface area contributed by atoms with Gasteiger partial charge in [-0.3, -0.25) is 23.9 Å². The fourth-order valence-electron chi connectivity index (χ4n) is 7.81. The van der Waals surface area contributed by atoms with Gasteiger partial charge >= 0.3 is 0 Å². The summed E-state index contributed by atoms with van der Waals surface area (Å²) in [6, 6.07) is 2.86. The predicted octanol–water partition coefficient (Wildman–Crippen LogP) is 4.28. The number of amides is 4. The second-order valence-electron chi connectivity index (χ2n) is 15.9. The maximum atomic E-state index is 14.7. The minimum Gasteiger partial charge on any atom is -0.508 e. The molecule has 1 aromatic carbocycles. The van der Waals surface area contributed by atoms with Gasteiger partial charge in [0.15, 0.2) is 0 Å². The second-order valence-corrected chi connectivity index (χ2v) is 19.4. The number of hydrogen-bond donors (Lipinski definition) is 4. The Morgan fingerprint density at radius 2 is 1.91 bits per heavy atom. The number of rotatable bonds is 9. The van der Waals surface area contributed by atoms with E-state index in [-0.39, 0.29) is 48.3 Å². The molecule has 2 unspecified atom stereocenters. The number of aryl methyl sites for hydroxylation is 1. The monoisotopic (exact) mass is 809 g/mol. The number of phenols is 1. The van der Waals surface area contributed by atoms with Gasteiger partial charge in [0.05, 0.1) is 28.7 Å². The van der Waals surface area contributed by atoms with Crippen LogP contribution in [0.2, 0.25) is 0 Å². The summed E-state index contributed by atoms with van der Waals surface area (Å²) in [5, 5.41) is 16.0. The highest BCUT2D eigenvalue weighted by Gasteiger charge is 2.62. The summed E-state index contributed by atoms with van der Waals surface area (Å²) >= 11 is 1.46. The van der Waals surface area contributed by atoms with E-state index in [0.29, 0.717) is 60.7 Å². The lowest BCUT2D eigenvalue weighted by molar-refractivity contribution is -0.142. The minimum absolute atomic E-state index is 0.0119. The Bertz CT molecular complexity index is 2080. The number of benzene rings is 1. The van der Waals surface area contributed by atoms with Crippen LogP contribution in [0.25, 0.3) is 10.9 Å². The van der Waals surface area contributed by atoms with Gasteiger partial charge in [0.25, 0.3) is 5.91 Å². The van der Waals surface area contributed by atoms with Gasteiger partial charge in [-0.2, -0.15) is 0 Å². The van der Waals surface area contributed by atoms with E-state index in [0.717, 1.165) is 17.7 Å². The standard InChI is InChI=1S/C40H51N5O9S2/c1-22(2)53-34-19-32(28-15-16-31(46)24(4)35(28)42-34)54-26-18-30-36(47)43-40(39(50)44-56(51,52)27-13-14-27)20-25(40)10-8-6-5-7-9-11-29(38(49)45(30)21-26)41-37(48)33-17-12-23(3)55-33/h8,10,12,15-16,19,22,25-27,29-30,33,46H,5-7,9,11,13-14,17-18,20-21H2,1-4H3,(H,41,48)(H,43,47)(H,44,50)/b10-8-/t25?,26-,29+,30+,33?,40-/m1/s1. The van der Waals surface area contributed by atoms with Crippen LogP contribution in [0.15, 0.2) is 41.3 Å². The molecule has 4 N–H and O–H groups in total. The number of hydrogen-bond acceptors (Lipinski definition) is 11. The van der Waals surface area contributed by atoms with Crippen molar-refractivity contribution in [3.05, 3.63) is 46.9 Å². The number of fused-ring (bicyclic) bond motifs is 3. The minimum atomic E-state index is -3.90. The van der Waals surface area contributed by atoms with Gasteiger partial charge in [0.2, 0.25) is 33.6 Å². The van der Waals surface area contributed by atoms with Gasteiger partial charge in [-0.1, -0.05) is 31.1 Å². The molecule has 0 radical (unpaired) electrons. The number of carbonyl (C=O) groups excluding carboxylic acids is 4. The average Bonchev–Trinajstić information content (AvgIpc) is 4.03. The van der Waals surface area contributed by atoms with Crippen LogP contribution in [0.3, 0.4) is 0 Å². The fourth-order valence-corrected chi connectivity index (χ4v) is 10.2. The molecule has 302 valence electrons. The van der Waals surface area contributed by atoms with E-state index in [1.807, 2.05) is 39.0 Å². The third kappa shape index (κ3) is 8.50. The summed E-state index contributed by atoms with van der Waals surface area (Å²) in [7, 11) is -3.90. The number of sulfonamides is 1. The SMILES string of the molecule is CC1=CCC(C(=O)N[C@H]2CCCCC/C=C\C3C[C@@]3(C(=O)NS(=O)(=O)C3CC3)NC(=O)[C@@H]3C[C@@H](Oc4cc(OC(C)C)nc5c(C)c(O)ccc45)CN3C2=O)S1. The molecule has 2 aliphatic carbocycles. The Morgan fingerprint density at radius 3 is 2.62 bits per heavy atom. The number of ether oxygens (including phenoxy) is 2. The molecule has 4 amide bonds. The normalized spacial score (nSPS) is 29.0. The van der Waals surface area contributed by atoms with E-state index in [1.165, 1.54) is 16.7 Å². The van der Waals surface area contributed by atoms with Crippen molar-refractivity contribution in [2.45, 2.75) is 132 Å². The Morgan fingerprint density at radius 1 is 1.12 bits per heavy atom. The lowest BCUT2D eigenvalue weighted by atomic mass is 10.0. The highest BCUT2D eigenvalue weighted by Crippen LogP contribution is 2.46. The number of thioether (sulfide) groups is 1. The molecule has 14 nitrogen and oxygen atoms in total. The number of carbonyl (C=O) groups is 4. The number of nitrogens with one attached hydrogen (secondary N) is 3. The smallest absolute Gasteiger partial charge is 0.259 e. The van der Waals surface area contributed by atoms with Gasteiger partial charge in [0, 0.05) is 29.4 Å². The molecular weight excluding hydrogens is 759 g/mol. The highest BCUT2D eigenvalue weighted by atomic mass is 32.2. The number of allylic oxidation sites excluding steroid dienone is 3. The van der Waals surface area contributed by atoms with E-state index in [9.17, 15) is 32.7 Å². The van der Waals surface area contributed by atoms with Crippen LogP contribution in [0, 0.1) is 12.8 Å².